The van der Waals surface area contributed by atoms with E-state index in [4.69, 9.17) is 0 Å². The van der Waals surface area contributed by atoms with Gasteiger partial charge in [0.25, 0.3) is 0 Å². The fourth-order valence-corrected chi connectivity index (χ4v) is 2.49. The smallest absolute Gasteiger partial charge is 0.228 e. The number of hydrogen-bond acceptors (Lipinski definition) is 3. The summed E-state index contributed by atoms with van der Waals surface area (Å²) in [4.78, 5) is 16.4. The molecule has 1 amide bonds. The highest BCUT2D eigenvalue weighted by molar-refractivity contribution is 5.91. The summed E-state index contributed by atoms with van der Waals surface area (Å²) < 4.78 is 0. The number of nitrogens with one attached hydrogen (secondary N) is 2. The van der Waals surface area contributed by atoms with Crippen LogP contribution < -0.4 is 10.6 Å². The third-order valence-electron chi connectivity index (χ3n) is 3.71. The third kappa shape index (κ3) is 4.51. The van der Waals surface area contributed by atoms with Gasteiger partial charge >= 0.3 is 0 Å². The second-order valence-corrected chi connectivity index (χ2v) is 6.03. The van der Waals surface area contributed by atoms with E-state index in [2.05, 4.69) is 29.5 Å². The molecule has 1 aromatic heterocycles. The zero-order valence-electron chi connectivity index (χ0n) is 12.5. The Kier molecular flexibility index (Phi) is 5.39. The summed E-state index contributed by atoms with van der Waals surface area (Å²) in [6.07, 6.45) is 7.41. The maximum atomic E-state index is 12.1. The summed E-state index contributed by atoms with van der Waals surface area (Å²) in [6, 6.07) is 3.83. The Hall–Kier alpha value is -1.58. The molecular formula is C16H25N3O. The summed E-state index contributed by atoms with van der Waals surface area (Å²) in [7, 11) is 0. The first-order valence-electron chi connectivity index (χ1n) is 7.66. The largest absolute Gasteiger partial charge is 0.384 e. The molecule has 1 fully saturated rings. The van der Waals surface area contributed by atoms with Crippen molar-refractivity contribution in [2.24, 2.45) is 11.8 Å². The molecule has 0 unspecified atom stereocenters. The van der Waals surface area contributed by atoms with Crippen LogP contribution in [-0.2, 0) is 4.79 Å². The lowest BCUT2D eigenvalue weighted by Crippen LogP contribution is -2.25. The minimum Gasteiger partial charge on any atom is -0.384 e. The van der Waals surface area contributed by atoms with Crippen molar-refractivity contribution in [1.82, 2.24) is 4.98 Å². The number of amides is 1. The predicted molar refractivity (Wildman–Crippen MR) is 82.8 cm³/mol. The summed E-state index contributed by atoms with van der Waals surface area (Å²) in [5, 5.41) is 6.24. The topological polar surface area (TPSA) is 54.0 Å². The first-order chi connectivity index (χ1) is 9.65. The van der Waals surface area contributed by atoms with Crippen molar-refractivity contribution in [2.75, 3.05) is 17.2 Å². The standard InChI is InChI=1S/C16H25N3O/c1-12(2)10-17-14-8-9-15(18-11-14)19-16(20)13-6-4-3-5-7-13/h8-9,11-13,17H,3-7,10H2,1-2H3,(H,18,19,20). The molecule has 0 spiro atoms. The van der Waals surface area contributed by atoms with Crippen molar-refractivity contribution >= 4 is 17.4 Å². The van der Waals surface area contributed by atoms with Crippen LogP contribution in [0.3, 0.4) is 0 Å². The van der Waals surface area contributed by atoms with Gasteiger partial charge < -0.3 is 10.6 Å². The fourth-order valence-electron chi connectivity index (χ4n) is 2.49. The second-order valence-electron chi connectivity index (χ2n) is 6.03. The molecule has 0 atom stereocenters. The minimum absolute atomic E-state index is 0.125. The lowest BCUT2D eigenvalue weighted by molar-refractivity contribution is -0.120. The van der Waals surface area contributed by atoms with Crippen molar-refractivity contribution in [2.45, 2.75) is 46.0 Å². The summed E-state index contributed by atoms with van der Waals surface area (Å²) in [5.41, 5.74) is 0.995. The lowest BCUT2D eigenvalue weighted by Gasteiger charge is -2.20. The van der Waals surface area contributed by atoms with Crippen LogP contribution in [0.2, 0.25) is 0 Å². The quantitative estimate of drug-likeness (QED) is 0.862. The first kappa shape index (κ1) is 14.8. The van der Waals surface area contributed by atoms with Gasteiger partial charge in [-0.15, -0.1) is 0 Å². The second kappa shape index (κ2) is 7.27. The molecule has 2 N–H and O–H groups in total. The maximum absolute atomic E-state index is 12.1. The third-order valence-corrected chi connectivity index (χ3v) is 3.71. The fraction of sp³-hybridized carbons (Fsp3) is 0.625. The van der Waals surface area contributed by atoms with Crippen LogP contribution in [0, 0.1) is 11.8 Å². The molecule has 1 heterocycles. The molecule has 1 saturated carbocycles. The first-order valence-corrected chi connectivity index (χ1v) is 7.66. The van der Waals surface area contributed by atoms with E-state index in [0.717, 1.165) is 25.1 Å². The number of hydrogen-bond donors (Lipinski definition) is 2. The van der Waals surface area contributed by atoms with Crippen LogP contribution in [0.5, 0.6) is 0 Å². The molecule has 1 aliphatic rings. The van der Waals surface area contributed by atoms with Gasteiger partial charge in [-0.25, -0.2) is 4.98 Å². The molecule has 0 aliphatic heterocycles. The predicted octanol–water partition coefficient (Wildman–Crippen LogP) is 3.67. The van der Waals surface area contributed by atoms with Crippen molar-refractivity contribution in [3.63, 3.8) is 0 Å². The average molecular weight is 275 g/mol. The van der Waals surface area contributed by atoms with E-state index in [9.17, 15) is 4.79 Å². The van der Waals surface area contributed by atoms with Gasteiger partial charge in [0.1, 0.15) is 5.82 Å². The molecule has 1 aliphatic carbocycles. The maximum Gasteiger partial charge on any atom is 0.228 e. The number of carbonyl (C=O) groups excluding carboxylic acids is 1. The normalized spacial score (nSPS) is 16.1. The van der Waals surface area contributed by atoms with Crippen LogP contribution in [0.15, 0.2) is 18.3 Å². The van der Waals surface area contributed by atoms with Gasteiger partial charge in [0.15, 0.2) is 0 Å². The van der Waals surface area contributed by atoms with Gasteiger partial charge in [-0.3, -0.25) is 4.79 Å². The van der Waals surface area contributed by atoms with E-state index < -0.39 is 0 Å². The number of nitrogens with zero attached hydrogens (tertiary/aromatic N) is 1. The molecule has 1 aromatic rings. The van der Waals surface area contributed by atoms with E-state index in [-0.39, 0.29) is 11.8 Å². The molecule has 4 heteroatoms. The number of rotatable bonds is 5. The molecule has 4 nitrogen and oxygen atoms in total. The Morgan fingerprint density at radius 2 is 2.05 bits per heavy atom. The van der Waals surface area contributed by atoms with E-state index >= 15 is 0 Å². The van der Waals surface area contributed by atoms with Gasteiger partial charge in [0, 0.05) is 12.5 Å². The Balaban J connectivity index is 1.84. The van der Waals surface area contributed by atoms with Gasteiger partial charge in [0.05, 0.1) is 11.9 Å². The molecule has 0 aromatic carbocycles. The van der Waals surface area contributed by atoms with Crippen LogP contribution >= 0.6 is 0 Å². The number of pyridine rings is 1. The lowest BCUT2D eigenvalue weighted by atomic mass is 9.89. The highest BCUT2D eigenvalue weighted by Crippen LogP contribution is 2.24. The van der Waals surface area contributed by atoms with Crippen LogP contribution in [-0.4, -0.2) is 17.4 Å². The SMILES string of the molecule is CC(C)CNc1ccc(NC(=O)C2CCCCC2)nc1. The van der Waals surface area contributed by atoms with Crippen molar-refractivity contribution in [3.8, 4) is 0 Å². The van der Waals surface area contributed by atoms with E-state index in [1.54, 1.807) is 6.20 Å². The number of anilines is 2. The van der Waals surface area contributed by atoms with Gasteiger partial charge in [-0.05, 0) is 30.9 Å². The Morgan fingerprint density at radius 1 is 1.30 bits per heavy atom. The van der Waals surface area contributed by atoms with Crippen molar-refractivity contribution in [1.29, 1.82) is 0 Å². The summed E-state index contributed by atoms with van der Waals surface area (Å²) in [6.45, 7) is 5.26. The molecular weight excluding hydrogens is 250 g/mol. The Labute approximate surface area is 121 Å². The Morgan fingerprint density at radius 3 is 2.65 bits per heavy atom. The van der Waals surface area contributed by atoms with Gasteiger partial charge in [-0.2, -0.15) is 0 Å². The van der Waals surface area contributed by atoms with Crippen molar-refractivity contribution < 1.29 is 4.79 Å². The zero-order valence-corrected chi connectivity index (χ0v) is 12.5. The highest BCUT2D eigenvalue weighted by atomic mass is 16.1. The molecule has 0 bridgehead atoms. The molecule has 110 valence electrons. The molecule has 2 rings (SSSR count). The van der Waals surface area contributed by atoms with E-state index in [1.165, 1.54) is 19.3 Å². The van der Waals surface area contributed by atoms with E-state index in [0.29, 0.717) is 11.7 Å². The highest BCUT2D eigenvalue weighted by Gasteiger charge is 2.21. The van der Waals surface area contributed by atoms with Gasteiger partial charge in [-0.1, -0.05) is 33.1 Å². The van der Waals surface area contributed by atoms with Crippen LogP contribution in [0.4, 0.5) is 11.5 Å². The molecule has 20 heavy (non-hydrogen) atoms. The van der Waals surface area contributed by atoms with Crippen LogP contribution in [0.1, 0.15) is 46.0 Å². The van der Waals surface area contributed by atoms with Crippen LogP contribution in [0.25, 0.3) is 0 Å². The minimum atomic E-state index is 0.125. The average Bonchev–Trinajstić information content (AvgIpc) is 2.47. The molecule has 0 saturated heterocycles. The zero-order chi connectivity index (χ0) is 14.4. The van der Waals surface area contributed by atoms with Crippen molar-refractivity contribution in [3.05, 3.63) is 18.3 Å². The van der Waals surface area contributed by atoms with Gasteiger partial charge in [0.2, 0.25) is 5.91 Å². The monoisotopic (exact) mass is 275 g/mol. The Bertz CT molecular complexity index is 422. The van der Waals surface area contributed by atoms with E-state index in [1.807, 2.05) is 12.1 Å². The summed E-state index contributed by atoms with van der Waals surface area (Å²) in [5.74, 6) is 1.54. The number of carbonyl (C=O) groups is 1. The number of aromatic nitrogens is 1. The molecule has 0 radical (unpaired) electrons. The summed E-state index contributed by atoms with van der Waals surface area (Å²) >= 11 is 0.